The van der Waals surface area contributed by atoms with Crippen molar-refractivity contribution in [3.63, 3.8) is 0 Å². The van der Waals surface area contributed by atoms with E-state index < -0.39 is 5.56 Å². The number of rotatable bonds is 4. The van der Waals surface area contributed by atoms with Crippen LogP contribution in [0.2, 0.25) is 0 Å². The van der Waals surface area contributed by atoms with Gasteiger partial charge in [-0.3, -0.25) is 19.6 Å². The van der Waals surface area contributed by atoms with Crippen molar-refractivity contribution in [2.45, 2.75) is 6.92 Å². The van der Waals surface area contributed by atoms with Gasteiger partial charge in [-0.1, -0.05) is 54.1 Å². The minimum Gasteiger partial charge on any atom is -0.321 e. The molecular formula is C27H19N3O2. The van der Waals surface area contributed by atoms with Crippen molar-refractivity contribution in [2.24, 2.45) is 0 Å². The van der Waals surface area contributed by atoms with Crippen LogP contribution in [0, 0.1) is 6.92 Å². The molecular weight excluding hydrogens is 398 g/mol. The Balaban J connectivity index is 1.65. The fourth-order valence-corrected chi connectivity index (χ4v) is 3.89. The lowest BCUT2D eigenvalue weighted by Crippen LogP contribution is -2.18. The molecule has 0 unspecified atom stereocenters. The first-order valence-electron chi connectivity index (χ1n) is 10.3. The molecule has 0 spiro atoms. The molecule has 0 aliphatic heterocycles. The van der Waals surface area contributed by atoms with Gasteiger partial charge >= 0.3 is 0 Å². The summed E-state index contributed by atoms with van der Waals surface area (Å²) in [6.45, 7) is 1.99. The van der Waals surface area contributed by atoms with Crippen molar-refractivity contribution in [2.75, 3.05) is 0 Å². The lowest BCUT2D eigenvalue weighted by atomic mass is 9.93. The van der Waals surface area contributed by atoms with Crippen molar-refractivity contribution in [1.82, 2.24) is 15.0 Å². The maximum atomic E-state index is 13.3. The van der Waals surface area contributed by atoms with Gasteiger partial charge in [-0.25, -0.2) is 0 Å². The molecule has 0 saturated carbocycles. The number of aromatic amines is 1. The van der Waals surface area contributed by atoms with Crippen molar-refractivity contribution in [3.05, 3.63) is 112 Å². The van der Waals surface area contributed by atoms with Crippen LogP contribution in [0.4, 0.5) is 0 Å². The number of ketones is 1. The van der Waals surface area contributed by atoms with Gasteiger partial charge < -0.3 is 4.98 Å². The maximum absolute atomic E-state index is 13.3. The molecule has 0 saturated heterocycles. The van der Waals surface area contributed by atoms with Crippen LogP contribution in [0.1, 0.15) is 21.5 Å². The number of nitrogens with one attached hydrogen (secondary N) is 1. The summed E-state index contributed by atoms with van der Waals surface area (Å²) in [5.41, 5.74) is 5.28. The zero-order valence-electron chi connectivity index (χ0n) is 17.4. The number of carbonyl (C=O) groups excluding carboxylic acids is 1. The highest BCUT2D eigenvalue weighted by atomic mass is 16.1. The number of hydrogen-bond donors (Lipinski definition) is 1. The summed E-state index contributed by atoms with van der Waals surface area (Å²) < 4.78 is 0. The normalized spacial score (nSPS) is 11.4. The van der Waals surface area contributed by atoms with E-state index in [1.165, 1.54) is 6.08 Å². The number of pyridine rings is 1. The first-order valence-corrected chi connectivity index (χ1v) is 10.3. The highest BCUT2D eigenvalue weighted by Gasteiger charge is 2.19. The molecule has 3 aromatic carbocycles. The van der Waals surface area contributed by atoms with Crippen LogP contribution < -0.4 is 5.56 Å². The second-order valence-electron chi connectivity index (χ2n) is 7.62. The Kier molecular flexibility index (Phi) is 4.92. The highest BCUT2D eigenvalue weighted by molar-refractivity contribution is 6.15. The number of aryl methyl sites for hydroxylation is 1. The van der Waals surface area contributed by atoms with E-state index in [4.69, 9.17) is 0 Å². The molecule has 5 nitrogen and oxygen atoms in total. The maximum Gasteiger partial charge on any atom is 0.260 e. The molecule has 0 aliphatic carbocycles. The third-order valence-corrected chi connectivity index (χ3v) is 5.40. The van der Waals surface area contributed by atoms with Crippen LogP contribution >= 0.6 is 0 Å². The fraction of sp³-hybridized carbons (Fsp3) is 0.0370. The van der Waals surface area contributed by atoms with E-state index in [9.17, 15) is 9.59 Å². The van der Waals surface area contributed by atoms with Gasteiger partial charge in [-0.15, -0.1) is 0 Å². The summed E-state index contributed by atoms with van der Waals surface area (Å²) in [5, 5.41) is 0.841. The molecule has 2 aromatic heterocycles. The van der Waals surface area contributed by atoms with Crippen LogP contribution in [-0.4, -0.2) is 20.7 Å². The first kappa shape index (κ1) is 19.6. The molecule has 5 rings (SSSR count). The largest absolute Gasteiger partial charge is 0.321 e. The van der Waals surface area contributed by atoms with E-state index in [1.54, 1.807) is 18.5 Å². The van der Waals surface area contributed by atoms with Gasteiger partial charge in [0.05, 0.1) is 16.6 Å². The molecule has 2 heterocycles. The number of carbonyl (C=O) groups is 1. The average molecular weight is 417 g/mol. The fourth-order valence-electron chi connectivity index (χ4n) is 3.89. The number of benzene rings is 3. The van der Waals surface area contributed by atoms with E-state index in [-0.39, 0.29) is 11.3 Å². The molecule has 1 N–H and O–H groups in total. The highest BCUT2D eigenvalue weighted by Crippen LogP contribution is 2.30. The van der Waals surface area contributed by atoms with Gasteiger partial charge in [0.1, 0.15) is 0 Å². The lowest BCUT2D eigenvalue weighted by molar-refractivity contribution is 0.104. The van der Waals surface area contributed by atoms with Gasteiger partial charge in [0.15, 0.2) is 5.78 Å². The predicted octanol–water partition coefficient (Wildman–Crippen LogP) is 5.34. The number of allylic oxidation sites excluding steroid dienone is 1. The van der Waals surface area contributed by atoms with Gasteiger partial charge in [0.2, 0.25) is 0 Å². The molecule has 32 heavy (non-hydrogen) atoms. The number of fused-ring (bicyclic) bond motifs is 2. The SMILES string of the molecule is Cc1ccc2[nH]c(=O)c(C(=O)C=Cc3ccc4nccnc4c3)c(-c3ccccc3)c2c1. The Labute approximate surface area is 184 Å². The topological polar surface area (TPSA) is 75.7 Å². The summed E-state index contributed by atoms with van der Waals surface area (Å²) in [4.78, 5) is 37.7. The molecule has 0 radical (unpaired) electrons. The quantitative estimate of drug-likeness (QED) is 0.316. The molecule has 5 aromatic rings. The third kappa shape index (κ3) is 3.61. The second kappa shape index (κ2) is 8.04. The van der Waals surface area contributed by atoms with Crippen LogP contribution in [0.25, 0.3) is 39.1 Å². The van der Waals surface area contributed by atoms with E-state index >= 15 is 0 Å². The van der Waals surface area contributed by atoms with Crippen LogP contribution in [0.15, 0.2) is 90.0 Å². The summed E-state index contributed by atoms with van der Waals surface area (Å²) in [7, 11) is 0. The van der Waals surface area contributed by atoms with Crippen LogP contribution in [-0.2, 0) is 0 Å². The van der Waals surface area contributed by atoms with Crippen molar-refractivity contribution in [3.8, 4) is 11.1 Å². The third-order valence-electron chi connectivity index (χ3n) is 5.40. The van der Waals surface area contributed by atoms with E-state index in [1.807, 2.05) is 73.7 Å². The molecule has 5 heteroatoms. The van der Waals surface area contributed by atoms with Gasteiger partial charge in [0.25, 0.3) is 5.56 Å². The summed E-state index contributed by atoms with van der Waals surface area (Å²) in [5.74, 6) is -0.354. The molecule has 0 amide bonds. The van der Waals surface area contributed by atoms with Crippen molar-refractivity contribution in [1.29, 1.82) is 0 Å². The Morgan fingerprint density at radius 3 is 2.50 bits per heavy atom. The summed E-state index contributed by atoms with van der Waals surface area (Å²) >= 11 is 0. The average Bonchev–Trinajstić information content (AvgIpc) is 2.82. The summed E-state index contributed by atoms with van der Waals surface area (Å²) in [6, 6.07) is 20.9. The number of aromatic nitrogens is 3. The standard InChI is InChI=1S/C27H19N3O2/c1-17-7-10-21-20(15-17)25(19-5-3-2-4-6-19)26(27(32)30-21)24(31)12-9-18-8-11-22-23(16-18)29-14-13-28-22/h2-16H,1H3,(H,30,32). The Morgan fingerprint density at radius 1 is 0.906 bits per heavy atom. The van der Waals surface area contributed by atoms with E-state index in [0.29, 0.717) is 11.1 Å². The predicted molar refractivity (Wildman–Crippen MR) is 128 cm³/mol. The van der Waals surface area contributed by atoms with E-state index in [2.05, 4.69) is 15.0 Å². The Morgan fingerprint density at radius 2 is 1.69 bits per heavy atom. The summed E-state index contributed by atoms with van der Waals surface area (Å²) in [6.07, 6.45) is 6.41. The zero-order chi connectivity index (χ0) is 22.1. The minimum absolute atomic E-state index is 0.131. The van der Waals surface area contributed by atoms with Gasteiger partial charge in [0, 0.05) is 28.9 Å². The number of hydrogen-bond acceptors (Lipinski definition) is 4. The van der Waals surface area contributed by atoms with Gasteiger partial charge in [-0.05, 0) is 48.4 Å². The lowest BCUT2D eigenvalue weighted by Gasteiger charge is -2.12. The monoisotopic (exact) mass is 417 g/mol. The van der Waals surface area contributed by atoms with Gasteiger partial charge in [-0.2, -0.15) is 0 Å². The molecule has 154 valence electrons. The van der Waals surface area contributed by atoms with Crippen LogP contribution in [0.3, 0.4) is 0 Å². The molecule has 0 fully saturated rings. The molecule has 0 bridgehead atoms. The number of H-pyrrole nitrogens is 1. The zero-order valence-corrected chi connectivity index (χ0v) is 17.4. The van der Waals surface area contributed by atoms with Crippen molar-refractivity contribution < 1.29 is 4.79 Å². The van der Waals surface area contributed by atoms with Crippen molar-refractivity contribution >= 4 is 33.8 Å². The number of nitrogens with zero attached hydrogens (tertiary/aromatic N) is 2. The molecule has 0 atom stereocenters. The minimum atomic E-state index is -0.403. The van der Waals surface area contributed by atoms with Crippen LogP contribution in [0.5, 0.6) is 0 Å². The smallest absolute Gasteiger partial charge is 0.260 e. The second-order valence-corrected chi connectivity index (χ2v) is 7.62. The molecule has 0 aliphatic rings. The van der Waals surface area contributed by atoms with E-state index in [0.717, 1.165) is 33.1 Å². The Hall–Kier alpha value is -4.38. The first-order chi connectivity index (χ1) is 15.6. The Bertz CT molecular complexity index is 1570.